The number of benzene rings is 1. The summed E-state index contributed by atoms with van der Waals surface area (Å²) in [6, 6.07) is 8.75. The first-order chi connectivity index (χ1) is 10.2. The van der Waals surface area contributed by atoms with Crippen LogP contribution in [0.15, 0.2) is 46.0 Å². The molecule has 4 nitrogen and oxygen atoms in total. The van der Waals surface area contributed by atoms with Crippen molar-refractivity contribution in [2.45, 2.75) is 30.4 Å². The highest BCUT2D eigenvalue weighted by Gasteiger charge is 2.24. The van der Waals surface area contributed by atoms with E-state index in [9.17, 15) is 13.5 Å². The first-order valence-electron chi connectivity index (χ1n) is 6.98. The summed E-state index contributed by atoms with van der Waals surface area (Å²) in [7, 11) is -3.17. The predicted octanol–water partition coefficient (Wildman–Crippen LogP) is 2.71. The summed E-state index contributed by atoms with van der Waals surface area (Å²) in [5.41, 5.74) is 0.944. The van der Waals surface area contributed by atoms with E-state index in [1.165, 1.54) is 6.26 Å². The number of nitrogens with one attached hydrogen (secondary N) is 1. The van der Waals surface area contributed by atoms with E-state index in [0.29, 0.717) is 11.4 Å². The van der Waals surface area contributed by atoms with Gasteiger partial charge in [0.05, 0.1) is 4.90 Å². The molecule has 2 rings (SSSR count). The molecule has 0 aliphatic rings. The smallest absolute Gasteiger partial charge is 0.175 e. The van der Waals surface area contributed by atoms with E-state index in [1.807, 2.05) is 23.8 Å². The van der Waals surface area contributed by atoms with E-state index in [-0.39, 0.29) is 6.04 Å². The molecule has 0 radical (unpaired) electrons. The molecule has 0 spiro atoms. The predicted molar refractivity (Wildman–Crippen MR) is 89.9 cm³/mol. The molecule has 0 bridgehead atoms. The van der Waals surface area contributed by atoms with Crippen LogP contribution in [0.2, 0.25) is 0 Å². The van der Waals surface area contributed by atoms with E-state index >= 15 is 0 Å². The molecule has 0 fully saturated rings. The van der Waals surface area contributed by atoms with E-state index in [1.54, 1.807) is 42.5 Å². The molecule has 2 aromatic rings. The summed E-state index contributed by atoms with van der Waals surface area (Å²) in [4.78, 5) is 0.314. The highest BCUT2D eigenvalue weighted by atomic mass is 32.2. The van der Waals surface area contributed by atoms with Gasteiger partial charge in [0.1, 0.15) is 5.60 Å². The molecule has 2 atom stereocenters. The first kappa shape index (κ1) is 17.1. The van der Waals surface area contributed by atoms with Crippen molar-refractivity contribution in [3.05, 3.63) is 52.2 Å². The lowest BCUT2D eigenvalue weighted by Gasteiger charge is -2.25. The SMILES string of the molecule is CC(NCC(C)(O)c1ccsc1)c1ccc(S(C)(=O)=O)cc1. The van der Waals surface area contributed by atoms with Gasteiger partial charge in [0.15, 0.2) is 9.84 Å². The maximum atomic E-state index is 11.5. The summed E-state index contributed by atoms with van der Waals surface area (Å²) in [6.07, 6.45) is 1.20. The van der Waals surface area contributed by atoms with Gasteiger partial charge < -0.3 is 10.4 Å². The number of sulfone groups is 1. The highest BCUT2D eigenvalue weighted by molar-refractivity contribution is 7.90. The van der Waals surface area contributed by atoms with Crippen LogP contribution in [-0.2, 0) is 15.4 Å². The van der Waals surface area contributed by atoms with Gasteiger partial charge in [-0.1, -0.05) is 12.1 Å². The van der Waals surface area contributed by atoms with Crippen molar-refractivity contribution in [2.75, 3.05) is 12.8 Å². The molecule has 120 valence electrons. The Morgan fingerprint density at radius 3 is 2.41 bits per heavy atom. The fraction of sp³-hybridized carbons (Fsp3) is 0.375. The number of aliphatic hydroxyl groups is 1. The maximum absolute atomic E-state index is 11.5. The second kappa shape index (κ2) is 6.50. The van der Waals surface area contributed by atoms with Gasteiger partial charge in [0.25, 0.3) is 0 Å². The average Bonchev–Trinajstić information content (AvgIpc) is 2.99. The Kier molecular flexibility index (Phi) is 5.07. The number of hydrogen-bond acceptors (Lipinski definition) is 5. The normalized spacial score (nSPS) is 16.2. The van der Waals surface area contributed by atoms with Crippen LogP contribution in [0.1, 0.15) is 31.0 Å². The van der Waals surface area contributed by atoms with Gasteiger partial charge in [-0.25, -0.2) is 8.42 Å². The van der Waals surface area contributed by atoms with Crippen molar-refractivity contribution >= 4 is 21.2 Å². The zero-order valence-electron chi connectivity index (χ0n) is 12.9. The number of rotatable bonds is 6. The molecule has 0 aliphatic heterocycles. The summed E-state index contributed by atoms with van der Waals surface area (Å²) in [5, 5.41) is 17.7. The molecule has 2 unspecified atom stereocenters. The van der Waals surface area contributed by atoms with Crippen LogP contribution in [0.4, 0.5) is 0 Å². The second-order valence-electron chi connectivity index (χ2n) is 5.73. The molecule has 0 saturated carbocycles. The molecule has 2 N–H and O–H groups in total. The minimum absolute atomic E-state index is 0.0127. The molecule has 6 heteroatoms. The molecule has 22 heavy (non-hydrogen) atoms. The Labute approximate surface area is 135 Å². The number of thiophene rings is 1. The van der Waals surface area contributed by atoms with Crippen LogP contribution in [0.3, 0.4) is 0 Å². The number of hydrogen-bond donors (Lipinski definition) is 2. The molecule has 0 amide bonds. The Bertz CT molecular complexity index is 704. The fourth-order valence-electron chi connectivity index (χ4n) is 2.15. The van der Waals surface area contributed by atoms with Crippen molar-refractivity contribution in [3.63, 3.8) is 0 Å². The summed E-state index contributed by atoms with van der Waals surface area (Å²) >= 11 is 1.56. The molecule has 1 heterocycles. The zero-order chi connectivity index (χ0) is 16.4. The zero-order valence-corrected chi connectivity index (χ0v) is 14.5. The molecule has 0 saturated heterocycles. The Hall–Kier alpha value is -1.21. The van der Waals surface area contributed by atoms with Gasteiger partial charge in [-0.3, -0.25) is 0 Å². The molecule has 1 aromatic heterocycles. The summed E-state index contributed by atoms with van der Waals surface area (Å²) < 4.78 is 22.9. The van der Waals surface area contributed by atoms with Crippen LogP contribution in [0, 0.1) is 0 Å². The fourth-order valence-corrected chi connectivity index (χ4v) is 3.56. The van der Waals surface area contributed by atoms with Crippen molar-refractivity contribution in [2.24, 2.45) is 0 Å². The van der Waals surface area contributed by atoms with Crippen molar-refractivity contribution < 1.29 is 13.5 Å². The monoisotopic (exact) mass is 339 g/mol. The first-order valence-corrected chi connectivity index (χ1v) is 9.82. The summed E-state index contributed by atoms with van der Waals surface area (Å²) in [5.74, 6) is 0. The van der Waals surface area contributed by atoms with Gasteiger partial charge >= 0.3 is 0 Å². The Morgan fingerprint density at radius 1 is 1.27 bits per heavy atom. The van der Waals surface area contributed by atoms with Crippen LogP contribution < -0.4 is 5.32 Å². The Morgan fingerprint density at radius 2 is 1.91 bits per heavy atom. The Balaban J connectivity index is 2.02. The van der Waals surface area contributed by atoms with E-state index < -0.39 is 15.4 Å². The lowest BCUT2D eigenvalue weighted by molar-refractivity contribution is 0.0548. The van der Waals surface area contributed by atoms with Crippen LogP contribution in [0.25, 0.3) is 0 Å². The molecular formula is C16H21NO3S2. The quantitative estimate of drug-likeness (QED) is 0.849. The van der Waals surface area contributed by atoms with Gasteiger partial charge in [0.2, 0.25) is 0 Å². The molecule has 1 aromatic carbocycles. The van der Waals surface area contributed by atoms with Crippen molar-refractivity contribution in [1.29, 1.82) is 0 Å². The molecule has 0 aliphatic carbocycles. The third-order valence-electron chi connectivity index (χ3n) is 3.70. The maximum Gasteiger partial charge on any atom is 0.175 e. The lowest BCUT2D eigenvalue weighted by atomic mass is 9.98. The topological polar surface area (TPSA) is 66.4 Å². The van der Waals surface area contributed by atoms with Crippen LogP contribution >= 0.6 is 11.3 Å². The van der Waals surface area contributed by atoms with Gasteiger partial charge in [-0.2, -0.15) is 11.3 Å². The average molecular weight is 339 g/mol. The van der Waals surface area contributed by atoms with E-state index in [4.69, 9.17) is 0 Å². The van der Waals surface area contributed by atoms with Crippen molar-refractivity contribution in [3.8, 4) is 0 Å². The van der Waals surface area contributed by atoms with Crippen molar-refractivity contribution in [1.82, 2.24) is 5.32 Å². The standard InChI is InChI=1S/C16H21NO3S2/c1-12(13-4-6-15(7-5-13)22(3,19)20)17-11-16(2,18)14-8-9-21-10-14/h4-10,12,17-18H,11H2,1-3H3. The van der Waals surface area contributed by atoms with Crippen LogP contribution in [0.5, 0.6) is 0 Å². The minimum atomic E-state index is -3.17. The largest absolute Gasteiger partial charge is 0.384 e. The molecular weight excluding hydrogens is 318 g/mol. The summed E-state index contributed by atoms with van der Waals surface area (Å²) in [6.45, 7) is 4.18. The lowest BCUT2D eigenvalue weighted by Crippen LogP contribution is -2.36. The van der Waals surface area contributed by atoms with Gasteiger partial charge in [-0.15, -0.1) is 0 Å². The third-order valence-corrected chi connectivity index (χ3v) is 5.52. The highest BCUT2D eigenvalue weighted by Crippen LogP contribution is 2.23. The van der Waals surface area contributed by atoms with E-state index in [2.05, 4.69) is 5.32 Å². The van der Waals surface area contributed by atoms with Crippen LogP contribution in [-0.4, -0.2) is 26.3 Å². The van der Waals surface area contributed by atoms with E-state index in [0.717, 1.165) is 11.1 Å². The van der Waals surface area contributed by atoms with Gasteiger partial charge in [-0.05, 0) is 53.9 Å². The second-order valence-corrected chi connectivity index (χ2v) is 8.53. The third kappa shape index (κ3) is 4.16. The minimum Gasteiger partial charge on any atom is -0.384 e. The van der Waals surface area contributed by atoms with Gasteiger partial charge in [0, 0.05) is 18.8 Å².